The lowest BCUT2D eigenvalue weighted by molar-refractivity contribution is -0.139. The third-order valence-corrected chi connectivity index (χ3v) is 5.13. The minimum absolute atomic E-state index is 0.0518. The second-order valence-electron chi connectivity index (χ2n) is 6.85. The second kappa shape index (κ2) is 9.09. The number of aryl methyl sites for hydroxylation is 1. The van der Waals surface area contributed by atoms with Gasteiger partial charge in [-0.1, -0.05) is 13.0 Å². The Hall–Kier alpha value is -1.99. The van der Waals surface area contributed by atoms with E-state index in [4.69, 9.17) is 5.11 Å². The minimum atomic E-state index is -0.813. The van der Waals surface area contributed by atoms with Crippen molar-refractivity contribution in [2.24, 2.45) is 0 Å². The van der Waals surface area contributed by atoms with Gasteiger partial charge in [0.2, 0.25) is 5.91 Å². The van der Waals surface area contributed by atoms with E-state index in [2.05, 4.69) is 10.2 Å². The highest BCUT2D eigenvalue weighted by atomic mass is 19.1. The van der Waals surface area contributed by atoms with Gasteiger partial charge in [0, 0.05) is 24.8 Å². The van der Waals surface area contributed by atoms with Crippen LogP contribution in [-0.2, 0) is 9.59 Å². The van der Waals surface area contributed by atoms with Crippen LogP contribution in [0.5, 0.6) is 0 Å². The number of benzene rings is 1. The fraction of sp³-hybridized carbons (Fsp3) is 0.579. The Morgan fingerprint density at radius 2 is 2.04 bits per heavy atom. The van der Waals surface area contributed by atoms with Crippen LogP contribution in [0, 0.1) is 12.7 Å². The lowest BCUT2D eigenvalue weighted by Crippen LogP contribution is -2.51. The molecule has 1 aromatic carbocycles. The summed E-state index contributed by atoms with van der Waals surface area (Å²) in [5.74, 6) is -1.31. The van der Waals surface area contributed by atoms with Crippen LogP contribution in [0.2, 0.25) is 0 Å². The van der Waals surface area contributed by atoms with Gasteiger partial charge in [0.25, 0.3) is 0 Å². The van der Waals surface area contributed by atoms with Crippen molar-refractivity contribution in [3.8, 4) is 0 Å². The molecule has 1 fully saturated rings. The Bertz CT molecular complexity index is 645. The predicted molar refractivity (Wildman–Crippen MR) is 98.7 cm³/mol. The van der Waals surface area contributed by atoms with E-state index in [9.17, 15) is 14.0 Å². The number of hydrogen-bond donors (Lipinski definition) is 2. The van der Waals surface area contributed by atoms with Gasteiger partial charge in [-0.3, -0.25) is 19.4 Å². The number of carboxylic acid groups (broad SMARTS) is 1. The van der Waals surface area contributed by atoms with E-state index in [0.717, 1.165) is 25.9 Å². The van der Waals surface area contributed by atoms with Crippen molar-refractivity contribution in [1.82, 2.24) is 9.80 Å². The Kier molecular flexibility index (Phi) is 7.11. The van der Waals surface area contributed by atoms with Crippen LogP contribution >= 0.6 is 0 Å². The average molecular weight is 365 g/mol. The van der Waals surface area contributed by atoms with Crippen molar-refractivity contribution in [2.45, 2.75) is 45.7 Å². The zero-order chi connectivity index (χ0) is 19.3. The molecule has 1 aliphatic heterocycles. The first kappa shape index (κ1) is 20.3. The van der Waals surface area contributed by atoms with Crippen molar-refractivity contribution < 1.29 is 19.1 Å². The van der Waals surface area contributed by atoms with Gasteiger partial charge in [-0.25, -0.2) is 4.39 Å². The van der Waals surface area contributed by atoms with Crippen LogP contribution in [0.15, 0.2) is 18.2 Å². The number of rotatable bonds is 7. The molecule has 6 nitrogen and oxygen atoms in total. The number of likely N-dealkylation sites (tertiary alicyclic amines) is 1. The van der Waals surface area contributed by atoms with E-state index in [0.29, 0.717) is 17.8 Å². The smallest absolute Gasteiger partial charge is 0.317 e. The van der Waals surface area contributed by atoms with E-state index in [-0.39, 0.29) is 30.4 Å². The zero-order valence-corrected chi connectivity index (χ0v) is 15.7. The van der Waals surface area contributed by atoms with E-state index in [1.807, 2.05) is 18.7 Å². The van der Waals surface area contributed by atoms with Gasteiger partial charge in [0.15, 0.2) is 0 Å². The standard InChI is InChI=1S/C19H28FN3O3/c1-4-22(12-18(24)25)16-7-9-23(10-8-16)14(3)19(26)21-15-6-5-13(2)17(20)11-15/h5-6,11,14,16H,4,7-10,12H2,1-3H3,(H,21,26)(H,24,25). The molecule has 0 aromatic heterocycles. The molecule has 2 N–H and O–H groups in total. The van der Waals surface area contributed by atoms with Gasteiger partial charge >= 0.3 is 5.97 Å². The van der Waals surface area contributed by atoms with Crippen LogP contribution in [0.3, 0.4) is 0 Å². The summed E-state index contributed by atoms with van der Waals surface area (Å²) in [6.45, 7) is 7.70. The molecule has 1 saturated heterocycles. The molecule has 0 aliphatic carbocycles. The highest BCUT2D eigenvalue weighted by Gasteiger charge is 2.29. The first-order valence-corrected chi connectivity index (χ1v) is 9.08. The van der Waals surface area contributed by atoms with Crippen LogP contribution in [0.1, 0.15) is 32.3 Å². The molecule has 1 atom stereocenters. The van der Waals surface area contributed by atoms with Crippen molar-refractivity contribution >= 4 is 17.6 Å². The maximum Gasteiger partial charge on any atom is 0.317 e. The summed E-state index contributed by atoms with van der Waals surface area (Å²) >= 11 is 0. The summed E-state index contributed by atoms with van der Waals surface area (Å²) in [5.41, 5.74) is 0.999. The van der Waals surface area contributed by atoms with E-state index >= 15 is 0 Å². The third-order valence-electron chi connectivity index (χ3n) is 5.13. The summed E-state index contributed by atoms with van der Waals surface area (Å²) in [4.78, 5) is 27.5. The van der Waals surface area contributed by atoms with E-state index < -0.39 is 5.97 Å². The van der Waals surface area contributed by atoms with Crippen molar-refractivity contribution in [2.75, 3.05) is 31.5 Å². The molecule has 0 bridgehead atoms. The van der Waals surface area contributed by atoms with Gasteiger partial charge < -0.3 is 10.4 Å². The number of carbonyl (C=O) groups excluding carboxylic acids is 1. The number of piperidine rings is 1. The number of carboxylic acids is 1. The summed E-state index contributed by atoms with van der Waals surface area (Å²) in [6.07, 6.45) is 1.66. The molecule has 1 unspecified atom stereocenters. The number of halogens is 1. The predicted octanol–water partition coefficient (Wildman–Crippen LogP) is 2.33. The van der Waals surface area contributed by atoms with Crippen molar-refractivity contribution in [3.63, 3.8) is 0 Å². The van der Waals surface area contributed by atoms with Gasteiger partial charge in [0.1, 0.15) is 5.82 Å². The molecule has 26 heavy (non-hydrogen) atoms. The molecule has 0 saturated carbocycles. The molecule has 1 aromatic rings. The largest absolute Gasteiger partial charge is 0.480 e. The lowest BCUT2D eigenvalue weighted by Gasteiger charge is -2.39. The Morgan fingerprint density at radius 3 is 2.58 bits per heavy atom. The van der Waals surface area contributed by atoms with Crippen LogP contribution in [0.4, 0.5) is 10.1 Å². The number of nitrogens with zero attached hydrogens (tertiary/aromatic N) is 2. The highest BCUT2D eigenvalue weighted by Crippen LogP contribution is 2.20. The first-order chi connectivity index (χ1) is 12.3. The Balaban J connectivity index is 1.88. The molecular formula is C19H28FN3O3. The Morgan fingerprint density at radius 1 is 1.38 bits per heavy atom. The second-order valence-corrected chi connectivity index (χ2v) is 6.85. The maximum atomic E-state index is 13.6. The molecule has 0 spiro atoms. The number of carbonyl (C=O) groups is 2. The number of likely N-dealkylation sites (N-methyl/N-ethyl adjacent to an activating group) is 1. The monoisotopic (exact) mass is 365 g/mol. The van der Waals surface area contributed by atoms with Gasteiger partial charge in [-0.2, -0.15) is 0 Å². The van der Waals surface area contributed by atoms with Crippen LogP contribution < -0.4 is 5.32 Å². The third kappa shape index (κ3) is 5.25. The SMILES string of the molecule is CCN(CC(=O)O)C1CCN(C(C)C(=O)Nc2ccc(C)c(F)c2)CC1. The summed E-state index contributed by atoms with van der Waals surface area (Å²) in [7, 11) is 0. The number of anilines is 1. The summed E-state index contributed by atoms with van der Waals surface area (Å²) < 4.78 is 13.6. The lowest BCUT2D eigenvalue weighted by atomic mass is 10.0. The van der Waals surface area contributed by atoms with Gasteiger partial charge in [0.05, 0.1) is 12.6 Å². The molecule has 0 radical (unpaired) electrons. The number of amides is 1. The molecule has 1 heterocycles. The quantitative estimate of drug-likeness (QED) is 0.776. The summed E-state index contributed by atoms with van der Waals surface area (Å²) in [6, 6.07) is 4.57. The molecule has 1 amide bonds. The van der Waals surface area contributed by atoms with Crippen molar-refractivity contribution in [1.29, 1.82) is 0 Å². The summed E-state index contributed by atoms with van der Waals surface area (Å²) in [5, 5.41) is 11.8. The molecule has 2 rings (SSSR count). The number of aliphatic carboxylic acids is 1. The maximum absolute atomic E-state index is 13.6. The fourth-order valence-corrected chi connectivity index (χ4v) is 3.39. The number of nitrogens with one attached hydrogen (secondary N) is 1. The molecule has 7 heteroatoms. The first-order valence-electron chi connectivity index (χ1n) is 9.08. The average Bonchev–Trinajstić information content (AvgIpc) is 2.62. The minimum Gasteiger partial charge on any atom is -0.480 e. The van der Waals surface area contributed by atoms with Crippen LogP contribution in [-0.4, -0.2) is 65.0 Å². The normalized spacial score (nSPS) is 17.3. The topological polar surface area (TPSA) is 72.9 Å². The van der Waals surface area contributed by atoms with E-state index in [1.165, 1.54) is 6.07 Å². The molecular weight excluding hydrogens is 337 g/mol. The fourth-order valence-electron chi connectivity index (χ4n) is 3.39. The van der Waals surface area contributed by atoms with Crippen LogP contribution in [0.25, 0.3) is 0 Å². The number of hydrogen-bond acceptors (Lipinski definition) is 4. The van der Waals surface area contributed by atoms with Gasteiger partial charge in [-0.15, -0.1) is 0 Å². The Labute approximate surface area is 154 Å². The van der Waals surface area contributed by atoms with E-state index in [1.54, 1.807) is 19.1 Å². The van der Waals surface area contributed by atoms with Gasteiger partial charge in [-0.05, 0) is 50.9 Å². The zero-order valence-electron chi connectivity index (χ0n) is 15.7. The molecule has 144 valence electrons. The molecule has 1 aliphatic rings. The highest BCUT2D eigenvalue weighted by molar-refractivity contribution is 5.94. The van der Waals surface area contributed by atoms with Crippen molar-refractivity contribution in [3.05, 3.63) is 29.6 Å².